The summed E-state index contributed by atoms with van der Waals surface area (Å²) in [5.74, 6) is 0.0667. The van der Waals surface area contributed by atoms with Crippen LogP contribution in [0.15, 0.2) is 54.6 Å². The lowest BCUT2D eigenvalue weighted by molar-refractivity contribution is 0.103. The highest BCUT2D eigenvalue weighted by atomic mass is 16.5. The van der Waals surface area contributed by atoms with Crippen molar-refractivity contribution in [2.75, 3.05) is 6.61 Å². The number of carbonyl (C=O) groups excluding carboxylic acids is 1. The molecule has 2 aromatic rings. The van der Waals surface area contributed by atoms with E-state index in [-0.39, 0.29) is 5.78 Å². The van der Waals surface area contributed by atoms with Gasteiger partial charge >= 0.3 is 0 Å². The maximum Gasteiger partial charge on any atom is 0.193 e. The number of benzene rings is 2. The van der Waals surface area contributed by atoms with E-state index in [1.54, 1.807) is 0 Å². The smallest absolute Gasteiger partial charge is 0.193 e. The van der Waals surface area contributed by atoms with Crippen LogP contribution in [0.3, 0.4) is 0 Å². The molecule has 2 heteroatoms. The summed E-state index contributed by atoms with van der Waals surface area (Å²) in [6, 6.07) is 17.2. The molecule has 0 bridgehead atoms. The van der Waals surface area contributed by atoms with Crippen molar-refractivity contribution in [1.29, 1.82) is 0 Å². The van der Waals surface area contributed by atoms with Crippen molar-refractivity contribution in [2.24, 2.45) is 0 Å². The van der Waals surface area contributed by atoms with Gasteiger partial charge in [-0.2, -0.15) is 0 Å². The number of hydrogen-bond donors (Lipinski definition) is 0. The van der Waals surface area contributed by atoms with Crippen LogP contribution in [0.1, 0.15) is 79.8 Å². The van der Waals surface area contributed by atoms with E-state index in [0.717, 1.165) is 29.7 Å². The Labute approximate surface area is 158 Å². The van der Waals surface area contributed by atoms with Crippen LogP contribution in [0.5, 0.6) is 0 Å². The summed E-state index contributed by atoms with van der Waals surface area (Å²) in [5.41, 5.74) is 2.57. The zero-order valence-corrected chi connectivity index (χ0v) is 16.1. The minimum atomic E-state index is 0.0667. The van der Waals surface area contributed by atoms with Crippen molar-refractivity contribution in [3.05, 3.63) is 71.3 Å². The zero-order chi connectivity index (χ0) is 18.5. The maximum absolute atomic E-state index is 12.4. The second-order valence-electron chi connectivity index (χ2n) is 6.92. The lowest BCUT2D eigenvalue weighted by Crippen LogP contribution is -2.01. The summed E-state index contributed by atoms with van der Waals surface area (Å²) in [7, 11) is 0. The van der Waals surface area contributed by atoms with Crippen LogP contribution in [0, 0.1) is 0 Å². The Bertz CT molecular complexity index is 616. The molecule has 0 saturated carbocycles. The molecule has 0 spiro atoms. The van der Waals surface area contributed by atoms with Gasteiger partial charge in [0.05, 0.1) is 6.61 Å². The summed E-state index contributed by atoms with van der Waals surface area (Å²) >= 11 is 0. The number of carbonyl (C=O) groups is 1. The van der Waals surface area contributed by atoms with E-state index < -0.39 is 0 Å². The third kappa shape index (κ3) is 7.53. The summed E-state index contributed by atoms with van der Waals surface area (Å²) in [5, 5.41) is 0. The molecule has 0 atom stereocenters. The fourth-order valence-corrected chi connectivity index (χ4v) is 3.04. The van der Waals surface area contributed by atoms with Crippen LogP contribution in [0.2, 0.25) is 0 Å². The van der Waals surface area contributed by atoms with Crippen LogP contribution in [0.25, 0.3) is 0 Å². The summed E-state index contributed by atoms with van der Waals surface area (Å²) in [6.07, 6.45) is 10.5. The average molecular weight is 353 g/mol. The molecule has 0 radical (unpaired) electrons. The van der Waals surface area contributed by atoms with Crippen LogP contribution < -0.4 is 0 Å². The van der Waals surface area contributed by atoms with Crippen LogP contribution in [-0.2, 0) is 11.3 Å². The van der Waals surface area contributed by atoms with Crippen molar-refractivity contribution >= 4 is 5.78 Å². The van der Waals surface area contributed by atoms with Gasteiger partial charge < -0.3 is 4.74 Å². The molecular formula is C24H32O2. The van der Waals surface area contributed by atoms with E-state index in [9.17, 15) is 4.79 Å². The number of ketones is 1. The molecular weight excluding hydrogens is 320 g/mol. The van der Waals surface area contributed by atoms with Crippen molar-refractivity contribution in [3.63, 3.8) is 0 Å². The van der Waals surface area contributed by atoms with Gasteiger partial charge in [0, 0.05) is 17.7 Å². The second kappa shape index (κ2) is 12.4. The predicted octanol–water partition coefficient (Wildman–Crippen LogP) is 6.57. The summed E-state index contributed by atoms with van der Waals surface area (Å²) in [6.45, 7) is 3.70. The molecule has 140 valence electrons. The van der Waals surface area contributed by atoms with E-state index in [4.69, 9.17) is 4.74 Å². The van der Waals surface area contributed by atoms with Crippen LogP contribution in [-0.4, -0.2) is 12.4 Å². The molecule has 2 nitrogen and oxygen atoms in total. The third-order valence-corrected chi connectivity index (χ3v) is 4.66. The van der Waals surface area contributed by atoms with Crippen molar-refractivity contribution in [3.8, 4) is 0 Å². The van der Waals surface area contributed by atoms with E-state index in [1.165, 1.54) is 44.9 Å². The first kappa shape index (κ1) is 20.4. The maximum atomic E-state index is 12.4. The molecule has 0 aromatic heterocycles. The second-order valence-corrected chi connectivity index (χ2v) is 6.92. The van der Waals surface area contributed by atoms with Gasteiger partial charge in [-0.1, -0.05) is 106 Å². The lowest BCUT2D eigenvalue weighted by atomic mass is 10.0. The first-order chi connectivity index (χ1) is 12.8. The molecule has 0 fully saturated rings. The Morgan fingerprint density at radius 3 is 1.96 bits per heavy atom. The SMILES string of the molecule is CCCCCCCCCCOCc1ccc(C(=O)c2ccccc2)cc1. The molecule has 2 aromatic carbocycles. The van der Waals surface area contributed by atoms with E-state index in [2.05, 4.69) is 6.92 Å². The molecule has 0 heterocycles. The molecule has 0 saturated heterocycles. The topological polar surface area (TPSA) is 26.3 Å². The molecule has 0 amide bonds. The Kier molecular flexibility index (Phi) is 9.74. The molecule has 0 aliphatic rings. The predicted molar refractivity (Wildman–Crippen MR) is 109 cm³/mol. The van der Waals surface area contributed by atoms with Gasteiger partial charge in [0.2, 0.25) is 0 Å². The molecule has 26 heavy (non-hydrogen) atoms. The van der Waals surface area contributed by atoms with E-state index >= 15 is 0 Å². The van der Waals surface area contributed by atoms with Crippen molar-refractivity contribution < 1.29 is 9.53 Å². The zero-order valence-electron chi connectivity index (χ0n) is 16.1. The van der Waals surface area contributed by atoms with Crippen molar-refractivity contribution in [2.45, 2.75) is 64.9 Å². The van der Waals surface area contributed by atoms with Crippen LogP contribution >= 0.6 is 0 Å². The van der Waals surface area contributed by atoms with Crippen molar-refractivity contribution in [1.82, 2.24) is 0 Å². The minimum Gasteiger partial charge on any atom is -0.377 e. The van der Waals surface area contributed by atoms with Gasteiger partial charge in [-0.25, -0.2) is 0 Å². The van der Waals surface area contributed by atoms with E-state index in [0.29, 0.717) is 6.61 Å². The third-order valence-electron chi connectivity index (χ3n) is 4.66. The van der Waals surface area contributed by atoms with Gasteiger partial charge in [0.15, 0.2) is 5.78 Å². The highest BCUT2D eigenvalue weighted by Gasteiger charge is 2.07. The molecule has 2 rings (SSSR count). The van der Waals surface area contributed by atoms with E-state index in [1.807, 2.05) is 54.6 Å². The van der Waals surface area contributed by atoms with Crippen LogP contribution in [0.4, 0.5) is 0 Å². The minimum absolute atomic E-state index is 0.0667. The number of hydrogen-bond acceptors (Lipinski definition) is 2. The lowest BCUT2D eigenvalue weighted by Gasteiger charge is -2.06. The first-order valence-electron chi connectivity index (χ1n) is 10.1. The quantitative estimate of drug-likeness (QED) is 0.301. The molecule has 0 aliphatic heterocycles. The number of rotatable bonds is 13. The fourth-order valence-electron chi connectivity index (χ4n) is 3.04. The Balaban J connectivity index is 1.60. The van der Waals surface area contributed by atoms with Gasteiger partial charge in [-0.15, -0.1) is 0 Å². The Morgan fingerprint density at radius 1 is 0.731 bits per heavy atom. The summed E-state index contributed by atoms with van der Waals surface area (Å²) < 4.78 is 5.76. The van der Waals surface area contributed by atoms with Gasteiger partial charge in [-0.05, 0) is 12.0 Å². The Morgan fingerprint density at radius 2 is 1.31 bits per heavy atom. The van der Waals surface area contributed by atoms with Gasteiger partial charge in [-0.3, -0.25) is 4.79 Å². The fraction of sp³-hybridized carbons (Fsp3) is 0.458. The van der Waals surface area contributed by atoms with Gasteiger partial charge in [0.25, 0.3) is 0 Å². The normalized spacial score (nSPS) is 10.8. The molecule has 0 N–H and O–H groups in total. The number of unbranched alkanes of at least 4 members (excludes halogenated alkanes) is 7. The molecule has 0 aliphatic carbocycles. The first-order valence-corrected chi connectivity index (χ1v) is 10.1. The monoisotopic (exact) mass is 352 g/mol. The van der Waals surface area contributed by atoms with Gasteiger partial charge in [0.1, 0.15) is 0 Å². The molecule has 0 unspecified atom stereocenters. The average Bonchev–Trinajstić information content (AvgIpc) is 2.70. The standard InChI is InChI=1S/C24H32O2/c1-2-3-4-5-6-7-8-12-19-26-20-21-15-17-23(18-16-21)24(25)22-13-10-9-11-14-22/h9-11,13-18H,2-8,12,19-20H2,1H3. The summed E-state index contributed by atoms with van der Waals surface area (Å²) in [4.78, 5) is 12.4. The largest absolute Gasteiger partial charge is 0.377 e. The highest BCUT2D eigenvalue weighted by molar-refractivity contribution is 6.08. The Hall–Kier alpha value is -1.93. The number of ether oxygens (including phenoxy) is 1. The highest BCUT2D eigenvalue weighted by Crippen LogP contribution is 2.12.